The Morgan fingerprint density at radius 2 is 1.96 bits per heavy atom. The first-order chi connectivity index (χ1) is 12.1. The highest BCUT2D eigenvalue weighted by atomic mass is 32.1. The van der Waals surface area contributed by atoms with Crippen molar-refractivity contribution in [1.82, 2.24) is 15.5 Å². The minimum absolute atomic E-state index is 0.0263. The minimum Gasteiger partial charge on any atom is -0.451 e. The summed E-state index contributed by atoms with van der Waals surface area (Å²) in [5.41, 5.74) is -0.417. The molecule has 0 aliphatic rings. The Bertz CT molecular complexity index is 950. The van der Waals surface area contributed by atoms with Crippen LogP contribution in [-0.2, 0) is 16.0 Å². The van der Waals surface area contributed by atoms with Crippen LogP contribution in [0.3, 0.4) is 0 Å². The first kappa shape index (κ1) is 16.8. The number of esters is 1. The molecular weight excluding hydrogens is 342 g/mol. The molecule has 0 fully saturated rings. The molecule has 2 N–H and O–H groups in total. The SMILES string of the molecule is O=C(COC(=O)c1n[nH]c(=O)c2ccccc12)NCCc1cccs1. The number of hydrogen-bond donors (Lipinski definition) is 2. The van der Waals surface area contributed by atoms with Gasteiger partial charge in [-0.2, -0.15) is 5.10 Å². The number of nitrogens with one attached hydrogen (secondary N) is 2. The van der Waals surface area contributed by atoms with E-state index >= 15 is 0 Å². The monoisotopic (exact) mass is 357 g/mol. The molecule has 0 unspecified atom stereocenters. The van der Waals surface area contributed by atoms with Crippen LogP contribution in [0.25, 0.3) is 10.8 Å². The van der Waals surface area contributed by atoms with E-state index in [1.165, 1.54) is 4.88 Å². The predicted octanol–water partition coefficient (Wildman–Crippen LogP) is 1.50. The Labute approximate surface area is 146 Å². The van der Waals surface area contributed by atoms with E-state index in [0.717, 1.165) is 6.42 Å². The summed E-state index contributed by atoms with van der Waals surface area (Å²) in [6.07, 6.45) is 0.726. The number of carbonyl (C=O) groups is 2. The molecule has 0 saturated carbocycles. The molecule has 0 aliphatic carbocycles. The molecule has 0 spiro atoms. The van der Waals surface area contributed by atoms with Gasteiger partial charge in [0.1, 0.15) is 0 Å². The molecule has 128 valence electrons. The highest BCUT2D eigenvalue weighted by Gasteiger charge is 2.16. The maximum Gasteiger partial charge on any atom is 0.359 e. The Balaban J connectivity index is 1.57. The van der Waals surface area contributed by atoms with Gasteiger partial charge in [-0.25, -0.2) is 9.89 Å². The van der Waals surface area contributed by atoms with Crippen LogP contribution < -0.4 is 10.9 Å². The van der Waals surface area contributed by atoms with Gasteiger partial charge < -0.3 is 10.1 Å². The van der Waals surface area contributed by atoms with Gasteiger partial charge in [0, 0.05) is 16.8 Å². The average molecular weight is 357 g/mol. The molecule has 1 amide bonds. The Kier molecular flexibility index (Phi) is 5.20. The number of thiophene rings is 1. The van der Waals surface area contributed by atoms with Crippen LogP contribution in [0.5, 0.6) is 0 Å². The number of ether oxygens (including phenoxy) is 1. The lowest BCUT2D eigenvalue weighted by Crippen LogP contribution is -2.30. The lowest BCUT2D eigenvalue weighted by molar-refractivity contribution is -0.124. The predicted molar refractivity (Wildman–Crippen MR) is 93.7 cm³/mol. The number of hydrogen-bond acceptors (Lipinski definition) is 6. The number of benzene rings is 1. The van der Waals surface area contributed by atoms with Crippen molar-refractivity contribution in [3.05, 3.63) is 62.7 Å². The van der Waals surface area contributed by atoms with Gasteiger partial charge in [0.05, 0.1) is 5.39 Å². The molecule has 7 nitrogen and oxygen atoms in total. The topological polar surface area (TPSA) is 101 Å². The summed E-state index contributed by atoms with van der Waals surface area (Å²) in [4.78, 5) is 36.8. The highest BCUT2D eigenvalue weighted by molar-refractivity contribution is 7.09. The zero-order valence-electron chi connectivity index (χ0n) is 13.2. The molecule has 0 radical (unpaired) electrons. The fraction of sp³-hybridized carbons (Fsp3) is 0.176. The van der Waals surface area contributed by atoms with E-state index in [9.17, 15) is 14.4 Å². The number of carbonyl (C=O) groups excluding carboxylic acids is 2. The van der Waals surface area contributed by atoms with Crippen LogP contribution in [0.2, 0.25) is 0 Å². The molecule has 2 aromatic heterocycles. The Morgan fingerprint density at radius 3 is 2.72 bits per heavy atom. The van der Waals surface area contributed by atoms with Crippen molar-refractivity contribution in [3.8, 4) is 0 Å². The van der Waals surface area contributed by atoms with Gasteiger partial charge in [0.15, 0.2) is 12.3 Å². The van der Waals surface area contributed by atoms with Crippen molar-refractivity contribution >= 4 is 34.0 Å². The second-order valence-corrected chi connectivity index (χ2v) is 6.23. The zero-order chi connectivity index (χ0) is 17.6. The molecule has 0 atom stereocenters. The quantitative estimate of drug-likeness (QED) is 0.651. The number of fused-ring (bicyclic) bond motifs is 1. The fourth-order valence-corrected chi connectivity index (χ4v) is 3.01. The van der Waals surface area contributed by atoms with E-state index in [4.69, 9.17) is 4.74 Å². The summed E-state index contributed by atoms with van der Waals surface area (Å²) < 4.78 is 4.99. The first-order valence-electron chi connectivity index (χ1n) is 7.59. The zero-order valence-corrected chi connectivity index (χ0v) is 14.0. The summed E-state index contributed by atoms with van der Waals surface area (Å²) in [7, 11) is 0. The maximum atomic E-state index is 12.1. The molecule has 2 heterocycles. The second-order valence-electron chi connectivity index (χ2n) is 5.20. The van der Waals surface area contributed by atoms with Crippen molar-refractivity contribution in [2.75, 3.05) is 13.2 Å². The van der Waals surface area contributed by atoms with Gasteiger partial charge in [0.25, 0.3) is 11.5 Å². The summed E-state index contributed by atoms with van der Waals surface area (Å²) in [6.45, 7) is 0.0646. The molecule has 0 bridgehead atoms. The lowest BCUT2D eigenvalue weighted by atomic mass is 10.1. The summed E-state index contributed by atoms with van der Waals surface area (Å²) in [5.74, 6) is -1.15. The van der Waals surface area contributed by atoms with Crippen molar-refractivity contribution < 1.29 is 14.3 Å². The molecule has 3 aromatic rings. The highest BCUT2D eigenvalue weighted by Crippen LogP contribution is 2.13. The summed E-state index contributed by atoms with van der Waals surface area (Å²) in [5, 5.41) is 11.4. The Hall–Kier alpha value is -3.00. The third kappa shape index (κ3) is 4.10. The number of amides is 1. The van der Waals surface area contributed by atoms with Crippen LogP contribution in [0.15, 0.2) is 46.6 Å². The molecule has 0 aliphatic heterocycles. The molecular formula is C17H15N3O4S. The number of aromatic nitrogens is 2. The van der Waals surface area contributed by atoms with Crippen LogP contribution in [0.4, 0.5) is 0 Å². The maximum absolute atomic E-state index is 12.1. The van der Waals surface area contributed by atoms with Gasteiger partial charge in [0.2, 0.25) is 0 Å². The van der Waals surface area contributed by atoms with Crippen LogP contribution in [0.1, 0.15) is 15.4 Å². The number of rotatable bonds is 6. The van der Waals surface area contributed by atoms with E-state index in [1.54, 1.807) is 35.6 Å². The second kappa shape index (κ2) is 7.71. The van der Waals surface area contributed by atoms with Crippen molar-refractivity contribution in [2.45, 2.75) is 6.42 Å². The third-order valence-corrected chi connectivity index (χ3v) is 4.43. The van der Waals surface area contributed by atoms with Gasteiger partial charge in [-0.05, 0) is 23.9 Å². The lowest BCUT2D eigenvalue weighted by Gasteiger charge is -2.07. The molecule has 3 rings (SSSR count). The van der Waals surface area contributed by atoms with E-state index in [1.807, 2.05) is 17.5 Å². The summed E-state index contributed by atoms with van der Waals surface area (Å²) in [6, 6.07) is 10.5. The molecule has 25 heavy (non-hydrogen) atoms. The Morgan fingerprint density at radius 1 is 1.16 bits per heavy atom. The average Bonchev–Trinajstić information content (AvgIpc) is 3.14. The van der Waals surface area contributed by atoms with Crippen molar-refractivity contribution in [3.63, 3.8) is 0 Å². The normalized spacial score (nSPS) is 10.6. The molecule has 1 aromatic carbocycles. The molecule has 0 saturated heterocycles. The van der Waals surface area contributed by atoms with Crippen LogP contribution in [-0.4, -0.2) is 35.2 Å². The first-order valence-corrected chi connectivity index (χ1v) is 8.47. The smallest absolute Gasteiger partial charge is 0.359 e. The number of nitrogens with zero attached hydrogens (tertiary/aromatic N) is 1. The number of aromatic amines is 1. The van der Waals surface area contributed by atoms with Crippen molar-refractivity contribution in [2.24, 2.45) is 0 Å². The van der Waals surface area contributed by atoms with E-state index in [0.29, 0.717) is 17.3 Å². The number of H-pyrrole nitrogens is 1. The van der Waals surface area contributed by atoms with Gasteiger partial charge in [-0.15, -0.1) is 11.3 Å². The third-order valence-electron chi connectivity index (χ3n) is 3.50. The van der Waals surface area contributed by atoms with Crippen molar-refractivity contribution in [1.29, 1.82) is 0 Å². The van der Waals surface area contributed by atoms with E-state index in [2.05, 4.69) is 15.5 Å². The minimum atomic E-state index is -0.763. The van der Waals surface area contributed by atoms with Gasteiger partial charge >= 0.3 is 5.97 Å². The standard InChI is InChI=1S/C17H15N3O4S/c21-14(18-8-7-11-4-3-9-25-11)10-24-17(23)15-12-5-1-2-6-13(12)16(22)20-19-15/h1-6,9H,7-8,10H2,(H,18,21)(H,20,22). The van der Waals surface area contributed by atoms with Crippen LogP contribution >= 0.6 is 11.3 Å². The van der Waals surface area contributed by atoms with Crippen LogP contribution in [0, 0.1) is 0 Å². The van der Waals surface area contributed by atoms with Gasteiger partial charge in [-0.1, -0.05) is 24.3 Å². The van der Waals surface area contributed by atoms with E-state index in [-0.39, 0.29) is 5.69 Å². The largest absolute Gasteiger partial charge is 0.451 e. The summed E-state index contributed by atoms with van der Waals surface area (Å²) >= 11 is 1.62. The van der Waals surface area contributed by atoms with E-state index < -0.39 is 24.0 Å². The van der Waals surface area contributed by atoms with Gasteiger partial charge in [-0.3, -0.25) is 9.59 Å². The molecule has 8 heteroatoms. The fourth-order valence-electron chi connectivity index (χ4n) is 2.30.